The Bertz CT molecular complexity index is 1040. The summed E-state index contributed by atoms with van der Waals surface area (Å²) >= 11 is 0. The number of rotatable bonds is 4. The van der Waals surface area contributed by atoms with E-state index < -0.39 is 17.7 Å². The van der Waals surface area contributed by atoms with Gasteiger partial charge in [0, 0.05) is 43.7 Å². The average molecular weight is 438 g/mol. The highest BCUT2D eigenvalue weighted by Gasteiger charge is 2.38. The summed E-state index contributed by atoms with van der Waals surface area (Å²) in [5.74, 6) is 0.240. The summed E-state index contributed by atoms with van der Waals surface area (Å²) in [4.78, 5) is 40.2. The summed E-state index contributed by atoms with van der Waals surface area (Å²) in [5.41, 5.74) is 1.33. The number of piperidine rings is 1. The summed E-state index contributed by atoms with van der Waals surface area (Å²) in [6.07, 6.45) is 0.762. The minimum Gasteiger partial charge on any atom is -0.444 e. The Kier molecular flexibility index (Phi) is 6.09. The molecule has 1 saturated heterocycles. The van der Waals surface area contributed by atoms with Gasteiger partial charge in [0.05, 0.1) is 0 Å². The Balaban J connectivity index is 1.54. The summed E-state index contributed by atoms with van der Waals surface area (Å²) in [6, 6.07) is 14.3. The van der Waals surface area contributed by atoms with Gasteiger partial charge in [0.2, 0.25) is 5.91 Å². The molecule has 2 amide bonds. The Morgan fingerprint density at radius 2 is 1.81 bits per heavy atom. The zero-order valence-corrected chi connectivity index (χ0v) is 18.9. The van der Waals surface area contributed by atoms with E-state index in [1.165, 1.54) is 0 Å². The molecule has 2 aromatic rings. The number of ether oxygens (including phenoxy) is 1. The Morgan fingerprint density at radius 3 is 2.53 bits per heavy atom. The molecule has 0 aliphatic carbocycles. The smallest absolute Gasteiger partial charge is 0.408 e. The number of carbonyl (C=O) groups is 2. The highest BCUT2D eigenvalue weighted by Crippen LogP contribution is 2.35. The number of fused-ring (bicyclic) bond motifs is 4. The van der Waals surface area contributed by atoms with Crippen molar-refractivity contribution in [2.24, 2.45) is 5.92 Å². The predicted molar refractivity (Wildman–Crippen MR) is 121 cm³/mol. The van der Waals surface area contributed by atoms with Gasteiger partial charge in [0.1, 0.15) is 11.6 Å². The van der Waals surface area contributed by atoms with Crippen LogP contribution in [-0.2, 0) is 22.5 Å². The molecule has 2 aliphatic rings. The van der Waals surface area contributed by atoms with Gasteiger partial charge in [0.15, 0.2) is 0 Å². The van der Waals surface area contributed by atoms with Crippen LogP contribution in [0, 0.1) is 5.92 Å². The second-order valence-electron chi connectivity index (χ2n) is 9.83. The zero-order chi connectivity index (χ0) is 22.9. The lowest BCUT2D eigenvalue weighted by Crippen LogP contribution is -2.55. The van der Waals surface area contributed by atoms with E-state index >= 15 is 0 Å². The number of benzene rings is 1. The molecule has 2 aliphatic heterocycles. The molecule has 3 heterocycles. The molecule has 2 unspecified atom stereocenters. The van der Waals surface area contributed by atoms with Crippen LogP contribution < -0.4 is 10.9 Å². The monoisotopic (exact) mass is 437 g/mol. The first-order chi connectivity index (χ1) is 15.2. The van der Waals surface area contributed by atoms with Crippen molar-refractivity contribution < 1.29 is 14.3 Å². The molecule has 2 bridgehead atoms. The summed E-state index contributed by atoms with van der Waals surface area (Å²) < 4.78 is 7.27. The van der Waals surface area contributed by atoms with Gasteiger partial charge in [-0.15, -0.1) is 0 Å². The fourth-order valence-corrected chi connectivity index (χ4v) is 4.80. The number of hydrogen-bond donors (Lipinski definition) is 1. The van der Waals surface area contributed by atoms with E-state index in [2.05, 4.69) is 5.32 Å². The summed E-state index contributed by atoms with van der Waals surface area (Å²) in [7, 11) is 0. The minimum absolute atomic E-state index is 0.0190. The zero-order valence-electron chi connectivity index (χ0n) is 18.9. The first-order valence-electron chi connectivity index (χ1n) is 11.2. The highest BCUT2D eigenvalue weighted by atomic mass is 16.6. The number of hydrogen-bond acceptors (Lipinski definition) is 4. The SMILES string of the molecule is CC(C)(C)OC(=O)N[C@@H](Cc1ccccc1)C(=O)N1CC2CC(C1)c1cccc(=O)n1C2. The number of aromatic nitrogens is 1. The van der Waals surface area contributed by atoms with E-state index in [1.54, 1.807) is 32.9 Å². The quantitative estimate of drug-likeness (QED) is 0.798. The van der Waals surface area contributed by atoms with Crippen molar-refractivity contribution in [1.29, 1.82) is 0 Å². The van der Waals surface area contributed by atoms with E-state index in [9.17, 15) is 14.4 Å². The topological polar surface area (TPSA) is 80.6 Å². The average Bonchev–Trinajstić information content (AvgIpc) is 2.73. The van der Waals surface area contributed by atoms with Crippen LogP contribution in [-0.4, -0.2) is 46.2 Å². The fourth-order valence-electron chi connectivity index (χ4n) is 4.80. The fraction of sp³-hybridized carbons (Fsp3) is 0.480. The molecule has 1 fully saturated rings. The van der Waals surface area contributed by atoms with Gasteiger partial charge < -0.3 is 19.5 Å². The molecule has 0 radical (unpaired) electrons. The summed E-state index contributed by atoms with van der Waals surface area (Å²) in [5, 5.41) is 2.81. The molecule has 1 aromatic heterocycles. The second-order valence-corrected chi connectivity index (χ2v) is 9.83. The second kappa shape index (κ2) is 8.81. The largest absolute Gasteiger partial charge is 0.444 e. The van der Waals surface area contributed by atoms with Crippen LogP contribution in [0.2, 0.25) is 0 Å². The molecule has 1 aromatic carbocycles. The molecule has 0 saturated carbocycles. The molecule has 170 valence electrons. The van der Waals surface area contributed by atoms with Gasteiger partial charge in [0.25, 0.3) is 5.56 Å². The third-order valence-electron chi connectivity index (χ3n) is 6.06. The highest BCUT2D eigenvalue weighted by molar-refractivity contribution is 5.86. The van der Waals surface area contributed by atoms with E-state index in [0.29, 0.717) is 26.1 Å². The van der Waals surface area contributed by atoms with Crippen molar-refractivity contribution in [1.82, 2.24) is 14.8 Å². The number of likely N-dealkylation sites (tertiary alicyclic amines) is 1. The van der Waals surface area contributed by atoms with Gasteiger partial charge in [-0.2, -0.15) is 0 Å². The van der Waals surface area contributed by atoms with Crippen molar-refractivity contribution in [2.75, 3.05) is 13.1 Å². The number of nitrogens with one attached hydrogen (secondary N) is 1. The lowest BCUT2D eigenvalue weighted by atomic mass is 9.83. The minimum atomic E-state index is -0.718. The maximum atomic E-state index is 13.6. The van der Waals surface area contributed by atoms with Crippen molar-refractivity contribution in [3.05, 3.63) is 70.1 Å². The van der Waals surface area contributed by atoms with Crippen molar-refractivity contribution in [3.8, 4) is 0 Å². The van der Waals surface area contributed by atoms with Crippen molar-refractivity contribution in [2.45, 2.75) is 57.7 Å². The Labute approximate surface area is 188 Å². The van der Waals surface area contributed by atoms with Gasteiger partial charge in [-0.3, -0.25) is 9.59 Å². The van der Waals surface area contributed by atoms with E-state index in [1.807, 2.05) is 45.9 Å². The van der Waals surface area contributed by atoms with E-state index in [0.717, 1.165) is 17.7 Å². The molecular formula is C25H31N3O4. The van der Waals surface area contributed by atoms with Crippen LogP contribution in [0.15, 0.2) is 53.3 Å². The van der Waals surface area contributed by atoms with Crippen LogP contribution in [0.3, 0.4) is 0 Å². The Hall–Kier alpha value is -3.09. The third kappa shape index (κ3) is 5.03. The third-order valence-corrected chi connectivity index (χ3v) is 6.06. The molecule has 3 atom stereocenters. The van der Waals surface area contributed by atoms with Crippen LogP contribution >= 0.6 is 0 Å². The Morgan fingerprint density at radius 1 is 1.06 bits per heavy atom. The summed E-state index contributed by atoms with van der Waals surface area (Å²) in [6.45, 7) is 7.14. The van der Waals surface area contributed by atoms with E-state index in [4.69, 9.17) is 4.74 Å². The number of pyridine rings is 1. The van der Waals surface area contributed by atoms with Gasteiger partial charge >= 0.3 is 6.09 Å². The number of nitrogens with zero attached hydrogens (tertiary/aromatic N) is 2. The van der Waals surface area contributed by atoms with Gasteiger partial charge in [-0.25, -0.2) is 4.79 Å². The van der Waals surface area contributed by atoms with Gasteiger partial charge in [-0.05, 0) is 44.7 Å². The maximum absolute atomic E-state index is 13.6. The number of alkyl carbamates (subject to hydrolysis) is 1. The normalized spacial score (nSPS) is 20.8. The van der Waals surface area contributed by atoms with Crippen molar-refractivity contribution >= 4 is 12.0 Å². The first kappa shape index (κ1) is 22.1. The molecule has 4 rings (SSSR count). The lowest BCUT2D eigenvalue weighted by molar-refractivity contribution is -0.136. The molecule has 32 heavy (non-hydrogen) atoms. The van der Waals surface area contributed by atoms with Crippen LogP contribution in [0.1, 0.15) is 44.4 Å². The number of carbonyl (C=O) groups excluding carboxylic acids is 2. The standard InChI is InChI=1S/C25H31N3O4/c1-25(2,3)32-24(31)26-20(13-17-8-5-4-6-9-17)23(30)27-14-18-12-19(16-27)21-10-7-11-22(29)28(21)15-18/h4-11,18-20H,12-16H2,1-3H3,(H,26,31)/t18?,19?,20-/m0/s1. The van der Waals surface area contributed by atoms with Crippen LogP contribution in [0.4, 0.5) is 4.79 Å². The molecule has 1 N–H and O–H groups in total. The predicted octanol–water partition coefficient (Wildman–Crippen LogP) is 2.93. The lowest BCUT2D eigenvalue weighted by Gasteiger charge is -2.43. The molecule has 7 nitrogen and oxygen atoms in total. The van der Waals surface area contributed by atoms with E-state index in [-0.39, 0.29) is 23.3 Å². The van der Waals surface area contributed by atoms with Crippen LogP contribution in [0.25, 0.3) is 0 Å². The first-order valence-corrected chi connectivity index (χ1v) is 11.2. The van der Waals surface area contributed by atoms with Gasteiger partial charge in [-0.1, -0.05) is 36.4 Å². The van der Waals surface area contributed by atoms with Crippen LogP contribution in [0.5, 0.6) is 0 Å². The number of amides is 2. The molecule has 7 heteroatoms. The van der Waals surface area contributed by atoms with Crippen molar-refractivity contribution in [3.63, 3.8) is 0 Å². The maximum Gasteiger partial charge on any atom is 0.408 e. The molecular weight excluding hydrogens is 406 g/mol. The molecule has 0 spiro atoms.